The fourth-order valence-corrected chi connectivity index (χ4v) is 4.53. The summed E-state index contributed by atoms with van der Waals surface area (Å²) in [6.07, 6.45) is 5.05. The van der Waals surface area contributed by atoms with Crippen LogP contribution in [0.1, 0.15) is 25.3 Å². The molecule has 1 heterocycles. The third kappa shape index (κ3) is 5.96. The molecule has 0 aliphatic rings. The minimum atomic E-state index is -3.91. The lowest BCUT2D eigenvalue weighted by Gasteiger charge is -2.25. The van der Waals surface area contributed by atoms with Gasteiger partial charge in [0.05, 0.1) is 17.7 Å². The SMILES string of the molecule is CC=CC(C(CCC(=O)O)C(=O)O)P(=O)(O)Cc1cccnc1. The molecule has 1 aromatic rings. The zero-order valence-electron chi connectivity index (χ0n) is 12.7. The molecule has 7 nitrogen and oxygen atoms in total. The summed E-state index contributed by atoms with van der Waals surface area (Å²) in [5.41, 5.74) is -0.625. The van der Waals surface area contributed by atoms with Gasteiger partial charge in [-0.1, -0.05) is 18.2 Å². The molecule has 0 saturated carbocycles. The summed E-state index contributed by atoms with van der Waals surface area (Å²) >= 11 is 0. The van der Waals surface area contributed by atoms with E-state index in [1.54, 1.807) is 19.1 Å². The number of aliphatic carboxylic acids is 2. The molecule has 1 rings (SSSR count). The Morgan fingerprint density at radius 3 is 2.57 bits per heavy atom. The minimum Gasteiger partial charge on any atom is -0.481 e. The van der Waals surface area contributed by atoms with Gasteiger partial charge in [-0.15, -0.1) is 0 Å². The van der Waals surface area contributed by atoms with Crippen molar-refractivity contribution in [2.45, 2.75) is 31.6 Å². The molecule has 3 atom stereocenters. The van der Waals surface area contributed by atoms with Crippen molar-refractivity contribution >= 4 is 19.3 Å². The summed E-state index contributed by atoms with van der Waals surface area (Å²) in [7, 11) is -3.91. The van der Waals surface area contributed by atoms with E-state index in [1.807, 2.05) is 0 Å². The van der Waals surface area contributed by atoms with E-state index in [2.05, 4.69) is 4.98 Å². The van der Waals surface area contributed by atoms with Gasteiger partial charge in [-0.3, -0.25) is 19.1 Å². The van der Waals surface area contributed by atoms with Crippen molar-refractivity contribution in [1.29, 1.82) is 0 Å². The van der Waals surface area contributed by atoms with Crippen molar-refractivity contribution in [3.8, 4) is 0 Å². The first-order valence-electron chi connectivity index (χ1n) is 7.05. The average molecular weight is 341 g/mol. The molecule has 126 valence electrons. The summed E-state index contributed by atoms with van der Waals surface area (Å²) < 4.78 is 12.7. The van der Waals surface area contributed by atoms with Crippen LogP contribution < -0.4 is 0 Å². The average Bonchev–Trinajstić information content (AvgIpc) is 2.46. The normalized spacial score (nSPS) is 16.6. The van der Waals surface area contributed by atoms with Crippen LogP contribution in [0.3, 0.4) is 0 Å². The maximum atomic E-state index is 12.7. The highest BCUT2D eigenvalue weighted by atomic mass is 31.2. The highest BCUT2D eigenvalue weighted by Gasteiger charge is 2.39. The molecule has 0 fully saturated rings. The van der Waals surface area contributed by atoms with Crippen LogP contribution in [0, 0.1) is 5.92 Å². The lowest BCUT2D eigenvalue weighted by Crippen LogP contribution is -2.28. The number of aromatic nitrogens is 1. The summed E-state index contributed by atoms with van der Waals surface area (Å²) in [6, 6.07) is 3.26. The van der Waals surface area contributed by atoms with Crippen LogP contribution in [0.2, 0.25) is 0 Å². The van der Waals surface area contributed by atoms with E-state index < -0.39 is 30.9 Å². The topological polar surface area (TPSA) is 125 Å². The number of allylic oxidation sites excluding steroid dienone is 2. The van der Waals surface area contributed by atoms with Gasteiger partial charge in [0, 0.05) is 18.8 Å². The first-order chi connectivity index (χ1) is 10.8. The maximum Gasteiger partial charge on any atom is 0.307 e. The fourth-order valence-electron chi connectivity index (χ4n) is 2.32. The van der Waals surface area contributed by atoms with E-state index in [1.165, 1.54) is 24.5 Å². The Bertz CT molecular complexity index is 616. The number of carboxylic acid groups (broad SMARTS) is 2. The molecule has 1 aromatic heterocycles. The Kier molecular flexibility index (Phi) is 7.13. The number of nitrogens with zero attached hydrogens (tertiary/aromatic N) is 1. The monoisotopic (exact) mass is 341 g/mol. The molecule has 0 spiro atoms. The third-order valence-corrected chi connectivity index (χ3v) is 5.67. The molecule has 0 amide bonds. The number of hydrogen-bond acceptors (Lipinski definition) is 4. The van der Waals surface area contributed by atoms with Gasteiger partial charge in [-0.25, -0.2) is 0 Å². The minimum absolute atomic E-state index is 0.211. The third-order valence-electron chi connectivity index (χ3n) is 3.39. The van der Waals surface area contributed by atoms with Gasteiger partial charge in [0.25, 0.3) is 0 Å². The van der Waals surface area contributed by atoms with Crippen molar-refractivity contribution in [1.82, 2.24) is 4.98 Å². The summed E-state index contributed by atoms with van der Waals surface area (Å²) in [4.78, 5) is 36.4. The lowest BCUT2D eigenvalue weighted by molar-refractivity contribution is -0.142. The quantitative estimate of drug-likeness (QED) is 0.465. The molecule has 0 aliphatic carbocycles. The predicted octanol–water partition coefficient (Wildman–Crippen LogP) is 2.36. The zero-order chi connectivity index (χ0) is 17.5. The van der Waals surface area contributed by atoms with E-state index in [0.717, 1.165) is 0 Å². The van der Waals surface area contributed by atoms with Gasteiger partial charge in [0.1, 0.15) is 0 Å². The summed E-state index contributed by atoms with van der Waals surface area (Å²) in [6.45, 7) is 1.62. The zero-order valence-corrected chi connectivity index (χ0v) is 13.6. The van der Waals surface area contributed by atoms with Crippen molar-refractivity contribution < 1.29 is 29.3 Å². The molecule has 0 aromatic carbocycles. The Balaban J connectivity index is 3.07. The highest BCUT2D eigenvalue weighted by Crippen LogP contribution is 2.53. The number of carboxylic acids is 2. The standard InChI is InChI=1S/C15H20NO6P/c1-2-4-13(12(15(19)20)6-7-14(17)18)23(21,22)10-11-5-3-8-16-9-11/h2-5,8-9,12-13H,6-7,10H2,1H3,(H,17,18)(H,19,20)(H,21,22). The van der Waals surface area contributed by atoms with Crippen molar-refractivity contribution in [2.24, 2.45) is 5.92 Å². The van der Waals surface area contributed by atoms with E-state index in [-0.39, 0.29) is 19.0 Å². The van der Waals surface area contributed by atoms with Gasteiger partial charge in [0.15, 0.2) is 0 Å². The molecular formula is C15H20NO6P. The largest absolute Gasteiger partial charge is 0.481 e. The van der Waals surface area contributed by atoms with Crippen LogP contribution in [-0.2, 0) is 20.3 Å². The van der Waals surface area contributed by atoms with E-state index in [0.29, 0.717) is 5.56 Å². The smallest absolute Gasteiger partial charge is 0.307 e. The van der Waals surface area contributed by atoms with Gasteiger partial charge in [0.2, 0.25) is 7.37 Å². The van der Waals surface area contributed by atoms with Crippen molar-refractivity contribution in [3.63, 3.8) is 0 Å². The van der Waals surface area contributed by atoms with Crippen LogP contribution in [0.15, 0.2) is 36.7 Å². The van der Waals surface area contributed by atoms with E-state index >= 15 is 0 Å². The van der Waals surface area contributed by atoms with Gasteiger partial charge in [-0.05, 0) is 25.0 Å². The Morgan fingerprint density at radius 1 is 1.39 bits per heavy atom. The predicted molar refractivity (Wildman–Crippen MR) is 84.4 cm³/mol. The number of rotatable bonds is 9. The summed E-state index contributed by atoms with van der Waals surface area (Å²) in [5.74, 6) is -3.67. The number of carbonyl (C=O) groups is 2. The van der Waals surface area contributed by atoms with Gasteiger partial charge < -0.3 is 15.1 Å². The maximum absolute atomic E-state index is 12.7. The van der Waals surface area contributed by atoms with Crippen LogP contribution in [0.4, 0.5) is 0 Å². The Hall–Kier alpha value is -1.98. The van der Waals surface area contributed by atoms with Crippen LogP contribution in [-0.4, -0.2) is 37.7 Å². The van der Waals surface area contributed by atoms with Crippen LogP contribution in [0.25, 0.3) is 0 Å². The first kappa shape index (κ1) is 19.1. The van der Waals surface area contributed by atoms with E-state index in [4.69, 9.17) is 5.11 Å². The molecule has 23 heavy (non-hydrogen) atoms. The highest BCUT2D eigenvalue weighted by molar-refractivity contribution is 7.58. The van der Waals surface area contributed by atoms with Crippen molar-refractivity contribution in [2.75, 3.05) is 0 Å². The molecule has 3 unspecified atom stereocenters. The second kappa shape index (κ2) is 8.60. The Morgan fingerprint density at radius 2 is 2.09 bits per heavy atom. The molecule has 0 bridgehead atoms. The number of hydrogen-bond donors (Lipinski definition) is 3. The second-order valence-electron chi connectivity index (χ2n) is 5.17. The van der Waals surface area contributed by atoms with Crippen LogP contribution >= 0.6 is 7.37 Å². The molecule has 3 N–H and O–H groups in total. The molecule has 8 heteroatoms. The van der Waals surface area contributed by atoms with Crippen molar-refractivity contribution in [3.05, 3.63) is 42.2 Å². The summed E-state index contributed by atoms with van der Waals surface area (Å²) in [5, 5.41) is 18.1. The second-order valence-corrected chi connectivity index (χ2v) is 7.59. The number of pyridine rings is 1. The molecule has 0 radical (unpaired) electrons. The Labute approximate surface area is 134 Å². The molecule has 0 saturated heterocycles. The fraction of sp³-hybridized carbons (Fsp3) is 0.400. The van der Waals surface area contributed by atoms with Gasteiger partial charge in [-0.2, -0.15) is 0 Å². The molecule has 0 aliphatic heterocycles. The lowest BCUT2D eigenvalue weighted by atomic mass is 9.99. The van der Waals surface area contributed by atoms with Crippen LogP contribution in [0.5, 0.6) is 0 Å². The first-order valence-corrected chi connectivity index (χ1v) is 8.97. The van der Waals surface area contributed by atoms with E-state index in [9.17, 15) is 24.2 Å². The molecular weight excluding hydrogens is 321 g/mol. The van der Waals surface area contributed by atoms with Gasteiger partial charge >= 0.3 is 11.9 Å².